The smallest absolute Gasteiger partial charge is 0.262 e. The number of anilines is 2. The Bertz CT molecular complexity index is 1310. The van der Waals surface area contributed by atoms with E-state index >= 15 is 0 Å². The van der Waals surface area contributed by atoms with Crippen LogP contribution in [0.2, 0.25) is 0 Å². The Labute approximate surface area is 224 Å². The van der Waals surface area contributed by atoms with Gasteiger partial charge >= 0.3 is 0 Å². The Kier molecular flexibility index (Phi) is 8.67. The molecule has 0 saturated heterocycles. The first-order valence-electron chi connectivity index (χ1n) is 11.4. The van der Waals surface area contributed by atoms with Gasteiger partial charge in [0.15, 0.2) is 18.1 Å². The summed E-state index contributed by atoms with van der Waals surface area (Å²) in [6.07, 6.45) is 0. The van der Waals surface area contributed by atoms with Crippen molar-refractivity contribution in [2.45, 2.75) is 13.5 Å². The lowest BCUT2D eigenvalue weighted by Gasteiger charge is -2.15. The Morgan fingerprint density at radius 2 is 1.61 bits per heavy atom. The van der Waals surface area contributed by atoms with Crippen LogP contribution in [0.5, 0.6) is 23.0 Å². The first-order chi connectivity index (χ1) is 17.5. The summed E-state index contributed by atoms with van der Waals surface area (Å²) >= 11 is 2.20. The second kappa shape index (κ2) is 12.3. The highest BCUT2D eigenvalue weighted by atomic mass is 127. The second-order valence-corrected chi connectivity index (χ2v) is 9.27. The molecule has 0 aliphatic carbocycles. The van der Waals surface area contributed by atoms with Gasteiger partial charge in [0, 0.05) is 17.9 Å². The van der Waals surface area contributed by atoms with Crippen LogP contribution < -0.4 is 24.8 Å². The standard InChI is InChI=1S/C29H27IN2O4/c1-20-7-6-8-23(15-20)32-28(33)19-35-29-26(30)16-21(17-27(29)34-2)18-31-22-11-13-25(14-12-22)36-24-9-4-3-5-10-24/h3-17,31H,18-19H2,1-2H3,(H,32,33). The van der Waals surface area contributed by atoms with Gasteiger partial charge in [0.05, 0.1) is 10.7 Å². The zero-order valence-electron chi connectivity index (χ0n) is 20.1. The number of methoxy groups -OCH3 is 1. The molecule has 0 heterocycles. The van der Waals surface area contributed by atoms with Gasteiger partial charge in [0.25, 0.3) is 5.91 Å². The van der Waals surface area contributed by atoms with E-state index in [9.17, 15) is 4.79 Å². The Balaban J connectivity index is 1.34. The fourth-order valence-electron chi connectivity index (χ4n) is 3.54. The van der Waals surface area contributed by atoms with Gasteiger partial charge in [-0.3, -0.25) is 4.79 Å². The van der Waals surface area contributed by atoms with Crippen LogP contribution in [-0.4, -0.2) is 19.6 Å². The lowest BCUT2D eigenvalue weighted by molar-refractivity contribution is -0.118. The molecule has 7 heteroatoms. The first-order valence-corrected chi connectivity index (χ1v) is 12.5. The highest BCUT2D eigenvalue weighted by molar-refractivity contribution is 14.1. The van der Waals surface area contributed by atoms with Gasteiger partial charge < -0.3 is 24.8 Å². The summed E-state index contributed by atoms with van der Waals surface area (Å²) in [7, 11) is 1.59. The third kappa shape index (κ3) is 7.14. The average Bonchev–Trinajstić information content (AvgIpc) is 2.88. The molecule has 0 bridgehead atoms. The highest BCUT2D eigenvalue weighted by Gasteiger charge is 2.14. The molecule has 36 heavy (non-hydrogen) atoms. The number of amides is 1. The van der Waals surface area contributed by atoms with Crippen LogP contribution >= 0.6 is 22.6 Å². The van der Waals surface area contributed by atoms with Gasteiger partial charge in [-0.25, -0.2) is 0 Å². The van der Waals surface area contributed by atoms with Crippen molar-refractivity contribution in [2.24, 2.45) is 0 Å². The Morgan fingerprint density at radius 3 is 2.33 bits per heavy atom. The van der Waals surface area contributed by atoms with E-state index in [1.165, 1.54) is 0 Å². The van der Waals surface area contributed by atoms with Gasteiger partial charge in [-0.15, -0.1) is 0 Å². The fourth-order valence-corrected chi connectivity index (χ4v) is 4.36. The molecule has 4 rings (SSSR count). The number of carbonyl (C=O) groups excluding carboxylic acids is 1. The molecule has 0 unspecified atom stereocenters. The van der Waals surface area contributed by atoms with Crippen LogP contribution in [0.4, 0.5) is 11.4 Å². The molecular formula is C29H27IN2O4. The number of hydrogen-bond donors (Lipinski definition) is 2. The SMILES string of the molecule is COc1cc(CNc2ccc(Oc3ccccc3)cc2)cc(I)c1OCC(=O)Nc1cccc(C)c1. The number of rotatable bonds is 10. The van der Waals surface area contributed by atoms with Crippen molar-refractivity contribution in [3.05, 3.63) is 106 Å². The molecule has 1 amide bonds. The number of para-hydroxylation sites is 1. The maximum Gasteiger partial charge on any atom is 0.262 e. The molecule has 0 radical (unpaired) electrons. The number of hydrogen-bond acceptors (Lipinski definition) is 5. The van der Waals surface area contributed by atoms with E-state index in [0.29, 0.717) is 18.0 Å². The summed E-state index contributed by atoms with van der Waals surface area (Å²) < 4.78 is 18.1. The Morgan fingerprint density at radius 1 is 0.861 bits per heavy atom. The van der Waals surface area contributed by atoms with E-state index in [4.69, 9.17) is 14.2 Å². The molecule has 0 saturated carbocycles. The van der Waals surface area contributed by atoms with Crippen LogP contribution in [-0.2, 0) is 11.3 Å². The lowest BCUT2D eigenvalue weighted by Crippen LogP contribution is -2.20. The number of nitrogens with one attached hydrogen (secondary N) is 2. The quantitative estimate of drug-likeness (QED) is 0.193. The summed E-state index contributed by atoms with van der Waals surface area (Å²) in [5, 5.41) is 6.26. The van der Waals surface area contributed by atoms with Crippen molar-refractivity contribution in [1.29, 1.82) is 0 Å². The summed E-state index contributed by atoms with van der Waals surface area (Å²) in [6.45, 7) is 2.46. The van der Waals surface area contributed by atoms with E-state index in [1.807, 2.05) is 97.9 Å². The van der Waals surface area contributed by atoms with E-state index in [2.05, 4.69) is 33.2 Å². The van der Waals surface area contributed by atoms with Crippen LogP contribution in [0.3, 0.4) is 0 Å². The molecule has 4 aromatic carbocycles. The summed E-state index contributed by atoms with van der Waals surface area (Å²) in [5.74, 6) is 2.46. The van der Waals surface area contributed by atoms with Gasteiger partial charge in [-0.1, -0.05) is 30.3 Å². The molecule has 184 valence electrons. The lowest BCUT2D eigenvalue weighted by atomic mass is 10.2. The van der Waals surface area contributed by atoms with Crippen molar-refractivity contribution in [3.8, 4) is 23.0 Å². The molecule has 0 aliphatic heterocycles. The summed E-state index contributed by atoms with van der Waals surface area (Å²) in [6, 6.07) is 29.1. The number of ether oxygens (including phenoxy) is 3. The number of aryl methyl sites for hydroxylation is 1. The van der Waals surface area contributed by atoms with Crippen molar-refractivity contribution >= 4 is 39.9 Å². The van der Waals surface area contributed by atoms with Crippen LogP contribution in [0, 0.1) is 10.5 Å². The molecule has 0 spiro atoms. The van der Waals surface area contributed by atoms with Crippen LogP contribution in [0.25, 0.3) is 0 Å². The van der Waals surface area contributed by atoms with Crippen molar-refractivity contribution in [3.63, 3.8) is 0 Å². The molecule has 0 aliphatic rings. The number of halogens is 1. The maximum atomic E-state index is 12.4. The normalized spacial score (nSPS) is 10.4. The van der Waals surface area contributed by atoms with Crippen molar-refractivity contribution < 1.29 is 19.0 Å². The largest absolute Gasteiger partial charge is 0.493 e. The third-order valence-electron chi connectivity index (χ3n) is 5.27. The monoisotopic (exact) mass is 594 g/mol. The van der Waals surface area contributed by atoms with Crippen molar-refractivity contribution in [1.82, 2.24) is 0 Å². The van der Waals surface area contributed by atoms with Crippen LogP contribution in [0.1, 0.15) is 11.1 Å². The van der Waals surface area contributed by atoms with Gasteiger partial charge in [-0.2, -0.15) is 0 Å². The summed E-state index contributed by atoms with van der Waals surface area (Å²) in [5.41, 5.74) is 3.81. The molecule has 4 aromatic rings. The number of benzene rings is 4. The number of carbonyl (C=O) groups is 1. The predicted molar refractivity (Wildman–Crippen MR) is 151 cm³/mol. The van der Waals surface area contributed by atoms with Gasteiger partial charge in [0.2, 0.25) is 0 Å². The maximum absolute atomic E-state index is 12.4. The predicted octanol–water partition coefficient (Wildman–Crippen LogP) is 7.03. The van der Waals surface area contributed by atoms with E-state index in [1.54, 1.807) is 7.11 Å². The fraction of sp³-hybridized carbons (Fsp3) is 0.138. The topological polar surface area (TPSA) is 68.8 Å². The molecule has 6 nitrogen and oxygen atoms in total. The Hall–Kier alpha value is -3.72. The van der Waals surface area contributed by atoms with E-state index in [-0.39, 0.29) is 12.5 Å². The van der Waals surface area contributed by atoms with E-state index in [0.717, 1.165) is 37.6 Å². The van der Waals surface area contributed by atoms with Crippen molar-refractivity contribution in [2.75, 3.05) is 24.4 Å². The van der Waals surface area contributed by atoms with Gasteiger partial charge in [0.1, 0.15) is 11.5 Å². The average molecular weight is 594 g/mol. The first kappa shape index (κ1) is 25.4. The molecule has 0 atom stereocenters. The van der Waals surface area contributed by atoms with E-state index < -0.39 is 0 Å². The summed E-state index contributed by atoms with van der Waals surface area (Å²) in [4.78, 5) is 12.4. The minimum absolute atomic E-state index is 0.116. The third-order valence-corrected chi connectivity index (χ3v) is 6.07. The second-order valence-electron chi connectivity index (χ2n) is 8.11. The molecular weight excluding hydrogens is 567 g/mol. The minimum atomic E-state index is -0.233. The minimum Gasteiger partial charge on any atom is -0.493 e. The van der Waals surface area contributed by atoms with Crippen LogP contribution in [0.15, 0.2) is 91.0 Å². The van der Waals surface area contributed by atoms with Gasteiger partial charge in [-0.05, 0) is 101 Å². The zero-order valence-corrected chi connectivity index (χ0v) is 22.2. The highest BCUT2D eigenvalue weighted by Crippen LogP contribution is 2.34. The molecule has 0 aromatic heterocycles. The molecule has 2 N–H and O–H groups in total. The molecule has 0 fully saturated rings. The zero-order chi connectivity index (χ0) is 25.3.